The van der Waals surface area contributed by atoms with Gasteiger partial charge >= 0.3 is 5.97 Å². The maximum atomic E-state index is 12.0. The third-order valence-electron chi connectivity index (χ3n) is 4.45. The Morgan fingerprint density at radius 3 is 2.72 bits per heavy atom. The van der Waals surface area contributed by atoms with E-state index < -0.39 is 5.97 Å². The summed E-state index contributed by atoms with van der Waals surface area (Å²) in [6.07, 6.45) is 7.09. The number of fused-ring (bicyclic) bond motifs is 3. The van der Waals surface area contributed by atoms with E-state index in [1.165, 1.54) is 0 Å². The van der Waals surface area contributed by atoms with E-state index in [-0.39, 0.29) is 23.4 Å². The number of carbonyl (C=O) groups excluding carboxylic acids is 1. The molecule has 1 heterocycles. The molecular formula is C15H18O3. The highest BCUT2D eigenvalue weighted by Crippen LogP contribution is 2.57. The molecule has 1 N–H and O–H groups in total. The van der Waals surface area contributed by atoms with Crippen molar-refractivity contribution in [3.63, 3.8) is 0 Å². The van der Waals surface area contributed by atoms with Crippen molar-refractivity contribution in [2.24, 2.45) is 16.7 Å². The molecule has 0 saturated heterocycles. The van der Waals surface area contributed by atoms with Gasteiger partial charge in [-0.05, 0) is 23.5 Å². The molecule has 3 aliphatic rings. The van der Waals surface area contributed by atoms with Crippen molar-refractivity contribution in [1.82, 2.24) is 0 Å². The molecule has 0 radical (unpaired) electrons. The molecule has 0 fully saturated rings. The van der Waals surface area contributed by atoms with E-state index in [4.69, 9.17) is 4.74 Å². The second-order valence-corrected chi connectivity index (χ2v) is 6.35. The van der Waals surface area contributed by atoms with Crippen LogP contribution in [-0.2, 0) is 9.53 Å². The predicted molar refractivity (Wildman–Crippen MR) is 67.4 cm³/mol. The van der Waals surface area contributed by atoms with Crippen molar-refractivity contribution in [3.8, 4) is 0 Å². The number of ether oxygens (including phenoxy) is 1. The normalized spacial score (nSPS) is 36.3. The van der Waals surface area contributed by atoms with E-state index in [0.717, 1.165) is 17.8 Å². The van der Waals surface area contributed by atoms with Gasteiger partial charge in [-0.3, -0.25) is 0 Å². The summed E-state index contributed by atoms with van der Waals surface area (Å²) in [7, 11) is 0. The number of carbonyl (C=O) groups is 1. The Labute approximate surface area is 107 Å². The third kappa shape index (κ3) is 1.37. The lowest BCUT2D eigenvalue weighted by Gasteiger charge is -2.40. The summed E-state index contributed by atoms with van der Waals surface area (Å²) in [6.45, 7) is 6.19. The Kier molecular flexibility index (Phi) is 2.18. The highest BCUT2D eigenvalue weighted by Gasteiger charge is 2.51. The monoisotopic (exact) mass is 246 g/mol. The van der Waals surface area contributed by atoms with Crippen LogP contribution >= 0.6 is 0 Å². The molecule has 0 spiro atoms. The second-order valence-electron chi connectivity index (χ2n) is 6.35. The molecule has 0 aromatic heterocycles. The molecule has 0 aromatic rings. The second kappa shape index (κ2) is 3.35. The van der Waals surface area contributed by atoms with Crippen LogP contribution in [0.25, 0.3) is 0 Å². The first kappa shape index (κ1) is 11.7. The molecule has 3 heteroatoms. The van der Waals surface area contributed by atoms with Crippen molar-refractivity contribution < 1.29 is 14.6 Å². The maximum absolute atomic E-state index is 12.0. The molecule has 2 aliphatic carbocycles. The quantitative estimate of drug-likeness (QED) is 0.722. The average Bonchev–Trinajstić information content (AvgIpc) is 2.55. The zero-order valence-electron chi connectivity index (χ0n) is 11.0. The first-order chi connectivity index (χ1) is 8.37. The van der Waals surface area contributed by atoms with Crippen molar-refractivity contribution in [2.45, 2.75) is 27.2 Å². The first-order valence-electron chi connectivity index (χ1n) is 6.36. The van der Waals surface area contributed by atoms with Gasteiger partial charge in [-0.1, -0.05) is 32.9 Å². The minimum absolute atomic E-state index is 0.0640. The molecule has 3 rings (SSSR count). The lowest BCUT2D eigenvalue weighted by molar-refractivity contribution is -0.135. The summed E-state index contributed by atoms with van der Waals surface area (Å²) >= 11 is 0. The Morgan fingerprint density at radius 1 is 1.44 bits per heavy atom. The van der Waals surface area contributed by atoms with Crippen LogP contribution in [0.1, 0.15) is 27.2 Å². The molecule has 2 unspecified atom stereocenters. The molecule has 2 atom stereocenters. The maximum Gasteiger partial charge on any atom is 0.341 e. The van der Waals surface area contributed by atoms with Gasteiger partial charge in [-0.15, -0.1) is 0 Å². The van der Waals surface area contributed by atoms with Crippen LogP contribution in [0.3, 0.4) is 0 Å². The van der Waals surface area contributed by atoms with E-state index >= 15 is 0 Å². The van der Waals surface area contributed by atoms with Gasteiger partial charge in [0, 0.05) is 11.3 Å². The zero-order chi connectivity index (χ0) is 13.1. The zero-order valence-corrected chi connectivity index (χ0v) is 11.0. The topological polar surface area (TPSA) is 46.5 Å². The molecule has 0 bridgehead atoms. The molecule has 18 heavy (non-hydrogen) atoms. The highest BCUT2D eigenvalue weighted by molar-refractivity contribution is 5.92. The average molecular weight is 246 g/mol. The molecular weight excluding hydrogens is 228 g/mol. The number of aliphatic hydroxyl groups is 1. The summed E-state index contributed by atoms with van der Waals surface area (Å²) in [5, 5.41) is 9.38. The van der Waals surface area contributed by atoms with Gasteiger partial charge in [0.15, 0.2) is 0 Å². The van der Waals surface area contributed by atoms with Crippen LogP contribution in [0, 0.1) is 16.7 Å². The van der Waals surface area contributed by atoms with Crippen molar-refractivity contribution in [3.05, 3.63) is 35.1 Å². The SMILES string of the molecule is CC1(C)C=C2OC(=O)C(CO)=C3C=CC3(C)C2C1. The van der Waals surface area contributed by atoms with Crippen LogP contribution in [0.4, 0.5) is 0 Å². The standard InChI is InChI=1S/C15H18O3/c1-14(2)6-11-12(7-14)18-13(17)9(8-16)10-4-5-15(10,11)3/h4-5,7,11,16H,6,8H2,1-3H3. The summed E-state index contributed by atoms with van der Waals surface area (Å²) in [6, 6.07) is 0. The summed E-state index contributed by atoms with van der Waals surface area (Å²) < 4.78 is 5.48. The van der Waals surface area contributed by atoms with Gasteiger partial charge in [0.1, 0.15) is 5.76 Å². The highest BCUT2D eigenvalue weighted by atomic mass is 16.5. The lowest BCUT2D eigenvalue weighted by atomic mass is 9.62. The lowest BCUT2D eigenvalue weighted by Crippen LogP contribution is -2.33. The van der Waals surface area contributed by atoms with E-state index in [2.05, 4.69) is 32.9 Å². The fourth-order valence-corrected chi connectivity index (χ4v) is 3.37. The minimum atomic E-state index is -0.394. The number of rotatable bonds is 1. The Bertz CT molecular complexity index is 522. The Morgan fingerprint density at radius 2 is 2.17 bits per heavy atom. The van der Waals surface area contributed by atoms with Gasteiger partial charge in [0.05, 0.1) is 12.2 Å². The van der Waals surface area contributed by atoms with E-state index in [0.29, 0.717) is 5.57 Å². The van der Waals surface area contributed by atoms with Crippen LogP contribution < -0.4 is 0 Å². The van der Waals surface area contributed by atoms with Crippen LogP contribution in [0.2, 0.25) is 0 Å². The number of hydrogen-bond acceptors (Lipinski definition) is 3. The van der Waals surface area contributed by atoms with E-state index in [9.17, 15) is 9.90 Å². The molecule has 3 nitrogen and oxygen atoms in total. The van der Waals surface area contributed by atoms with Crippen LogP contribution in [0.5, 0.6) is 0 Å². The summed E-state index contributed by atoms with van der Waals surface area (Å²) in [5.74, 6) is 0.591. The van der Waals surface area contributed by atoms with Gasteiger partial charge in [-0.25, -0.2) is 4.79 Å². The molecule has 96 valence electrons. The number of allylic oxidation sites excluding steroid dienone is 5. The number of esters is 1. The summed E-state index contributed by atoms with van der Waals surface area (Å²) in [5.41, 5.74) is 1.26. The van der Waals surface area contributed by atoms with Gasteiger partial charge in [0.25, 0.3) is 0 Å². The third-order valence-corrected chi connectivity index (χ3v) is 4.45. The van der Waals surface area contributed by atoms with E-state index in [1.807, 2.05) is 6.08 Å². The van der Waals surface area contributed by atoms with Crippen molar-refractivity contribution >= 4 is 5.97 Å². The van der Waals surface area contributed by atoms with Gasteiger partial charge in [-0.2, -0.15) is 0 Å². The molecule has 0 saturated carbocycles. The summed E-state index contributed by atoms with van der Waals surface area (Å²) in [4.78, 5) is 12.0. The smallest absolute Gasteiger partial charge is 0.341 e. The fraction of sp³-hybridized carbons (Fsp3) is 0.533. The number of aliphatic hydroxyl groups excluding tert-OH is 1. The number of hydrogen-bond donors (Lipinski definition) is 1. The van der Waals surface area contributed by atoms with E-state index in [1.54, 1.807) is 0 Å². The minimum Gasteiger partial charge on any atom is -0.428 e. The van der Waals surface area contributed by atoms with Crippen molar-refractivity contribution in [1.29, 1.82) is 0 Å². The molecule has 0 amide bonds. The predicted octanol–water partition coefficient (Wildman–Crippen LogP) is 2.34. The molecule has 0 aromatic carbocycles. The van der Waals surface area contributed by atoms with Gasteiger partial charge < -0.3 is 9.84 Å². The molecule has 1 aliphatic heterocycles. The van der Waals surface area contributed by atoms with Crippen LogP contribution in [-0.4, -0.2) is 17.7 Å². The Balaban J connectivity index is 2.13. The first-order valence-corrected chi connectivity index (χ1v) is 6.36. The Hall–Kier alpha value is -1.35. The van der Waals surface area contributed by atoms with Crippen molar-refractivity contribution in [2.75, 3.05) is 6.61 Å². The fourth-order valence-electron chi connectivity index (χ4n) is 3.37. The largest absolute Gasteiger partial charge is 0.428 e. The van der Waals surface area contributed by atoms with Crippen LogP contribution in [0.15, 0.2) is 35.1 Å². The van der Waals surface area contributed by atoms with Gasteiger partial charge in [0.2, 0.25) is 0 Å².